The van der Waals surface area contributed by atoms with Gasteiger partial charge >= 0.3 is 0 Å². The Labute approximate surface area is 467 Å². The average Bonchev–Trinajstić information content (AvgIpc) is 3.37. The highest BCUT2D eigenvalue weighted by Crippen LogP contribution is 2.38. The molecule has 8 nitrogen and oxygen atoms in total. The van der Waals surface area contributed by atoms with Gasteiger partial charge in [-0.3, -0.25) is 9.36 Å². The number of hydrogen-bond donors (Lipinski definition) is 2. The van der Waals surface area contributed by atoms with Crippen molar-refractivity contribution in [2.45, 2.75) is 328 Å². The molecule has 2 N–H and O–H groups in total. The molecule has 0 radical (unpaired) electrons. The molecular weight excluding hydrogens is 948 g/mol. The molecule has 0 saturated carbocycles. The van der Waals surface area contributed by atoms with Crippen LogP contribution in [0, 0.1) is 0 Å². The van der Waals surface area contributed by atoms with Gasteiger partial charge in [-0.1, -0.05) is 306 Å². The molecule has 0 aliphatic heterocycles. The lowest BCUT2D eigenvalue weighted by molar-refractivity contribution is -0.870. The summed E-state index contributed by atoms with van der Waals surface area (Å²) in [7, 11) is 1.32. The zero-order valence-electron chi connectivity index (χ0n) is 50.5. The first kappa shape index (κ1) is 73.5. The van der Waals surface area contributed by atoms with Crippen molar-refractivity contribution >= 4 is 13.7 Å². The van der Waals surface area contributed by atoms with Crippen LogP contribution in [0.15, 0.2) is 48.6 Å². The van der Waals surface area contributed by atoms with E-state index in [1.807, 2.05) is 21.1 Å². The van der Waals surface area contributed by atoms with Crippen molar-refractivity contribution in [2.24, 2.45) is 0 Å². The first-order valence-corrected chi connectivity index (χ1v) is 33.9. The molecule has 0 aromatic rings. The lowest BCUT2D eigenvalue weighted by Gasteiger charge is -2.30. The number of nitrogens with one attached hydrogen (secondary N) is 1. The molecule has 3 unspecified atom stereocenters. The summed E-state index contributed by atoms with van der Waals surface area (Å²) in [4.78, 5) is 25.6. The Balaban J connectivity index is 4.04. The molecule has 0 aliphatic carbocycles. The minimum atomic E-state index is -4.58. The number of hydrogen-bond acceptors (Lipinski definition) is 6. The zero-order valence-corrected chi connectivity index (χ0v) is 51.4. The van der Waals surface area contributed by atoms with E-state index in [1.54, 1.807) is 0 Å². The van der Waals surface area contributed by atoms with Crippen LogP contribution >= 0.6 is 7.82 Å². The molecular formula is C66H127N2O6P. The Bertz CT molecular complexity index is 1360. The van der Waals surface area contributed by atoms with Crippen molar-refractivity contribution in [3.8, 4) is 0 Å². The predicted octanol–water partition coefficient (Wildman–Crippen LogP) is 19.6. The number of aliphatic hydroxyl groups is 1. The lowest BCUT2D eigenvalue weighted by atomic mass is 10.0. The van der Waals surface area contributed by atoms with E-state index < -0.39 is 20.0 Å². The van der Waals surface area contributed by atoms with Crippen molar-refractivity contribution in [1.82, 2.24) is 5.32 Å². The maximum Gasteiger partial charge on any atom is 0.268 e. The molecule has 0 fully saturated rings. The van der Waals surface area contributed by atoms with Crippen LogP contribution in [0.2, 0.25) is 0 Å². The monoisotopic (exact) mass is 1070 g/mol. The molecule has 0 heterocycles. The molecule has 1 amide bonds. The van der Waals surface area contributed by atoms with Gasteiger partial charge in [-0.25, -0.2) is 0 Å². The van der Waals surface area contributed by atoms with E-state index >= 15 is 0 Å². The first-order valence-electron chi connectivity index (χ1n) is 32.5. The number of rotatable bonds is 60. The van der Waals surface area contributed by atoms with Gasteiger partial charge in [0.25, 0.3) is 7.82 Å². The van der Waals surface area contributed by atoms with E-state index in [-0.39, 0.29) is 19.1 Å². The van der Waals surface area contributed by atoms with Crippen LogP contribution in [-0.2, 0) is 18.4 Å². The second kappa shape index (κ2) is 57.2. The highest BCUT2D eigenvalue weighted by Gasteiger charge is 2.24. The Morgan fingerprint density at radius 1 is 0.480 bits per heavy atom. The van der Waals surface area contributed by atoms with Crippen LogP contribution < -0.4 is 10.2 Å². The second-order valence-corrected chi connectivity index (χ2v) is 24.9. The van der Waals surface area contributed by atoms with Crippen LogP contribution in [0.25, 0.3) is 0 Å². The lowest BCUT2D eigenvalue weighted by Crippen LogP contribution is -2.46. The summed E-state index contributed by atoms with van der Waals surface area (Å²) in [5, 5.41) is 14.1. The Kier molecular flexibility index (Phi) is 56.0. The summed E-state index contributed by atoms with van der Waals surface area (Å²) >= 11 is 0. The number of amides is 1. The van der Waals surface area contributed by atoms with Crippen LogP contribution in [0.5, 0.6) is 0 Å². The number of aliphatic hydroxyl groups excluding tert-OH is 1. The second-order valence-electron chi connectivity index (χ2n) is 23.4. The van der Waals surface area contributed by atoms with Crippen LogP contribution in [0.4, 0.5) is 0 Å². The molecule has 0 bridgehead atoms. The van der Waals surface area contributed by atoms with E-state index in [2.05, 4.69) is 67.8 Å². The van der Waals surface area contributed by atoms with Gasteiger partial charge < -0.3 is 28.8 Å². The number of carbonyl (C=O) groups is 1. The van der Waals surface area contributed by atoms with Crippen LogP contribution in [-0.4, -0.2) is 68.5 Å². The Morgan fingerprint density at radius 3 is 1.19 bits per heavy atom. The molecule has 3 atom stereocenters. The molecule has 9 heteroatoms. The minimum absolute atomic E-state index is 0.0133. The number of carbonyl (C=O) groups excluding carboxylic acids is 1. The summed E-state index contributed by atoms with van der Waals surface area (Å²) in [6, 6.07) is -0.801. The molecule has 0 saturated heterocycles. The van der Waals surface area contributed by atoms with E-state index in [0.29, 0.717) is 23.9 Å². The van der Waals surface area contributed by atoms with Crippen molar-refractivity contribution < 1.29 is 32.9 Å². The number of quaternary nitrogens is 1. The van der Waals surface area contributed by atoms with Crippen molar-refractivity contribution in [1.29, 1.82) is 0 Å². The van der Waals surface area contributed by atoms with E-state index in [9.17, 15) is 19.4 Å². The molecule has 0 aliphatic rings. The fourth-order valence-corrected chi connectivity index (χ4v) is 10.5. The maximum absolute atomic E-state index is 13.0. The minimum Gasteiger partial charge on any atom is -0.756 e. The van der Waals surface area contributed by atoms with Gasteiger partial charge in [0.2, 0.25) is 5.91 Å². The van der Waals surface area contributed by atoms with Gasteiger partial charge in [0.1, 0.15) is 13.2 Å². The number of nitrogens with zero attached hydrogens (tertiary/aromatic N) is 1. The fourth-order valence-electron chi connectivity index (χ4n) is 9.80. The van der Waals surface area contributed by atoms with Crippen LogP contribution in [0.1, 0.15) is 316 Å². The topological polar surface area (TPSA) is 108 Å². The highest BCUT2D eigenvalue weighted by atomic mass is 31.2. The summed E-state index contributed by atoms with van der Waals surface area (Å²) in [5.41, 5.74) is 0. The van der Waals surface area contributed by atoms with Gasteiger partial charge in [-0.2, -0.15) is 0 Å². The summed E-state index contributed by atoms with van der Waals surface area (Å²) in [6.07, 6.45) is 75.9. The van der Waals surface area contributed by atoms with E-state index in [4.69, 9.17) is 9.05 Å². The average molecular weight is 1080 g/mol. The smallest absolute Gasteiger partial charge is 0.268 e. The first-order chi connectivity index (χ1) is 36.5. The summed E-state index contributed by atoms with van der Waals surface area (Å²) in [6.45, 7) is 4.66. The third-order valence-electron chi connectivity index (χ3n) is 14.8. The van der Waals surface area contributed by atoms with E-state index in [0.717, 1.165) is 64.2 Å². The molecule has 0 spiro atoms. The Morgan fingerprint density at radius 2 is 0.813 bits per heavy atom. The summed E-state index contributed by atoms with van der Waals surface area (Å²) < 4.78 is 23.5. The third-order valence-corrected chi connectivity index (χ3v) is 15.8. The van der Waals surface area contributed by atoms with Crippen molar-refractivity contribution in [2.75, 3.05) is 40.9 Å². The SMILES string of the molecule is CC/C=C\C/C=C\C/C=C\C/C=C\CCCCCCCCCCCCCCCCCCCCC(=O)NC(COP(=O)([O-])OCC[N+](C)(C)C)C(O)CCCCCCCCCCCCCCCCCCCCCCCC. The summed E-state index contributed by atoms with van der Waals surface area (Å²) in [5.74, 6) is -0.160. The molecule has 0 rings (SSSR count). The van der Waals surface area contributed by atoms with Crippen LogP contribution in [0.3, 0.4) is 0 Å². The largest absolute Gasteiger partial charge is 0.756 e. The third kappa shape index (κ3) is 60.0. The van der Waals surface area contributed by atoms with Crippen molar-refractivity contribution in [3.63, 3.8) is 0 Å². The molecule has 0 aromatic carbocycles. The predicted molar refractivity (Wildman–Crippen MR) is 325 cm³/mol. The van der Waals surface area contributed by atoms with Crippen molar-refractivity contribution in [3.05, 3.63) is 48.6 Å². The normalized spacial score (nSPS) is 14.1. The number of phosphoric ester groups is 1. The van der Waals surface area contributed by atoms with Gasteiger partial charge in [0.05, 0.1) is 39.9 Å². The van der Waals surface area contributed by atoms with Gasteiger partial charge in [-0.05, 0) is 51.4 Å². The molecule has 0 aromatic heterocycles. The highest BCUT2D eigenvalue weighted by molar-refractivity contribution is 7.45. The quantitative estimate of drug-likeness (QED) is 0.0272. The molecule has 442 valence electrons. The zero-order chi connectivity index (χ0) is 54.9. The van der Waals surface area contributed by atoms with Gasteiger partial charge in [0.15, 0.2) is 0 Å². The van der Waals surface area contributed by atoms with Gasteiger partial charge in [0, 0.05) is 6.42 Å². The number of allylic oxidation sites excluding steroid dienone is 8. The number of phosphoric acid groups is 1. The number of unbranched alkanes of at least 4 members (excludes halogenated alkanes) is 39. The number of likely N-dealkylation sites (N-methyl/N-ethyl adjacent to an activating group) is 1. The standard InChI is InChI=1S/C66H127N2O6P/c1-6-8-10-12-14-16-18-20-22-24-26-28-30-31-32-33-34-35-36-37-38-40-42-44-46-48-50-52-54-56-58-60-66(70)67-64(63-74-75(71,72)73-62-61-68(3,4)5)65(69)59-57-55-53-51-49-47-45-43-41-39-29-27-25-23-21-19-17-15-13-11-9-7-2/h8,10,14,16,20,22,26,28,64-65,69H,6-7,9,11-13,15,17-19,21,23-25,27,29-63H2,1-5H3,(H-,67,70,71,72)/b10-8-,16-14-,22-20-,28-26-. The maximum atomic E-state index is 13.0. The van der Waals surface area contributed by atoms with Gasteiger partial charge in [-0.15, -0.1) is 0 Å². The Hall–Kier alpha value is -1.54. The fraction of sp³-hybridized carbons (Fsp3) is 0.864. The molecule has 75 heavy (non-hydrogen) atoms. The van der Waals surface area contributed by atoms with E-state index in [1.165, 1.54) is 225 Å².